The zero-order valence-electron chi connectivity index (χ0n) is 13.7. The molecule has 2 aromatic rings. The summed E-state index contributed by atoms with van der Waals surface area (Å²) in [5.74, 6) is 0.256. The Morgan fingerprint density at radius 2 is 1.88 bits per heavy atom. The maximum absolute atomic E-state index is 12.5. The molecule has 0 aliphatic carbocycles. The number of benzene rings is 2. The summed E-state index contributed by atoms with van der Waals surface area (Å²) in [6.07, 6.45) is 1.53. The lowest BCUT2D eigenvalue weighted by Gasteiger charge is -2.13. The van der Waals surface area contributed by atoms with Crippen molar-refractivity contribution in [3.8, 4) is 11.5 Å². The van der Waals surface area contributed by atoms with Gasteiger partial charge in [0.25, 0.3) is 5.69 Å². The van der Waals surface area contributed by atoms with Crippen molar-refractivity contribution in [1.29, 1.82) is 0 Å². The zero-order valence-corrected chi connectivity index (χ0v) is 13.7. The molecule has 0 spiro atoms. The van der Waals surface area contributed by atoms with Gasteiger partial charge in [-0.1, -0.05) is 0 Å². The molecule has 128 valence electrons. The normalized spacial score (nSPS) is 14.7. The number of allylic oxidation sites excluding steroid dienone is 1. The Balaban J connectivity index is 1.95. The SMILES string of the molecule is CN(C)Cc1c(O)ccc2c1O/C(=C/c1ccc([N+](=O)[O-])cc1)C2=O. The van der Waals surface area contributed by atoms with E-state index in [2.05, 4.69) is 0 Å². The Hall–Kier alpha value is -3.19. The molecular weight excluding hydrogens is 324 g/mol. The molecule has 1 heterocycles. The quantitative estimate of drug-likeness (QED) is 0.522. The topological polar surface area (TPSA) is 92.9 Å². The summed E-state index contributed by atoms with van der Waals surface area (Å²) >= 11 is 0. The van der Waals surface area contributed by atoms with E-state index in [1.165, 1.54) is 30.3 Å². The zero-order chi connectivity index (χ0) is 18.1. The maximum atomic E-state index is 12.5. The first kappa shape index (κ1) is 16.7. The summed E-state index contributed by atoms with van der Waals surface area (Å²) in [6.45, 7) is 0.424. The predicted octanol–water partition coefficient (Wildman–Crippen LogP) is 2.98. The van der Waals surface area contributed by atoms with E-state index in [0.717, 1.165) is 0 Å². The van der Waals surface area contributed by atoms with E-state index >= 15 is 0 Å². The molecule has 0 unspecified atom stereocenters. The average Bonchev–Trinajstić information content (AvgIpc) is 2.87. The monoisotopic (exact) mass is 340 g/mol. The number of aromatic hydroxyl groups is 1. The van der Waals surface area contributed by atoms with Gasteiger partial charge in [-0.05, 0) is 50.0 Å². The van der Waals surface area contributed by atoms with Crippen molar-refractivity contribution in [3.05, 3.63) is 69.0 Å². The lowest BCUT2D eigenvalue weighted by atomic mass is 10.0. The average molecular weight is 340 g/mol. The lowest BCUT2D eigenvalue weighted by molar-refractivity contribution is -0.384. The number of carbonyl (C=O) groups is 1. The van der Waals surface area contributed by atoms with Crippen LogP contribution in [0.2, 0.25) is 0 Å². The number of phenols is 1. The van der Waals surface area contributed by atoms with Crippen molar-refractivity contribution in [2.45, 2.75) is 6.54 Å². The number of nitro benzene ring substituents is 1. The van der Waals surface area contributed by atoms with Crippen LogP contribution in [-0.2, 0) is 6.54 Å². The molecule has 7 heteroatoms. The maximum Gasteiger partial charge on any atom is 0.269 e. The van der Waals surface area contributed by atoms with Crippen LogP contribution in [0.1, 0.15) is 21.5 Å². The molecule has 3 rings (SSSR count). The van der Waals surface area contributed by atoms with E-state index in [-0.39, 0.29) is 23.0 Å². The van der Waals surface area contributed by atoms with Gasteiger partial charge in [-0.2, -0.15) is 0 Å². The fourth-order valence-corrected chi connectivity index (χ4v) is 2.61. The van der Waals surface area contributed by atoms with Gasteiger partial charge in [0, 0.05) is 18.7 Å². The molecular formula is C18H16N2O5. The van der Waals surface area contributed by atoms with Crippen LogP contribution in [0.15, 0.2) is 42.2 Å². The number of nitrogens with zero attached hydrogens (tertiary/aromatic N) is 2. The van der Waals surface area contributed by atoms with Crippen LogP contribution >= 0.6 is 0 Å². The highest BCUT2D eigenvalue weighted by molar-refractivity contribution is 6.15. The van der Waals surface area contributed by atoms with Gasteiger partial charge in [0.15, 0.2) is 5.76 Å². The second kappa shape index (κ2) is 6.37. The van der Waals surface area contributed by atoms with Crippen LogP contribution in [0.5, 0.6) is 11.5 Å². The molecule has 0 amide bonds. The molecule has 0 saturated heterocycles. The highest BCUT2D eigenvalue weighted by Crippen LogP contribution is 2.39. The number of phenolic OH excluding ortho intramolecular Hbond substituents is 1. The first-order valence-corrected chi connectivity index (χ1v) is 7.55. The highest BCUT2D eigenvalue weighted by atomic mass is 16.6. The number of hydrogen-bond acceptors (Lipinski definition) is 6. The van der Waals surface area contributed by atoms with E-state index in [9.17, 15) is 20.0 Å². The van der Waals surface area contributed by atoms with Crippen molar-refractivity contribution in [1.82, 2.24) is 4.90 Å². The standard InChI is InChI=1S/C18H16N2O5/c1-19(2)10-14-15(21)8-7-13-17(22)16(25-18(13)14)9-11-3-5-12(6-4-11)20(23)24/h3-9,21H,10H2,1-2H3/b16-9+. The Morgan fingerprint density at radius 3 is 2.48 bits per heavy atom. The smallest absolute Gasteiger partial charge is 0.269 e. The Morgan fingerprint density at radius 1 is 1.20 bits per heavy atom. The van der Waals surface area contributed by atoms with Gasteiger partial charge >= 0.3 is 0 Å². The number of ether oxygens (including phenoxy) is 1. The van der Waals surface area contributed by atoms with E-state index in [1.54, 1.807) is 12.1 Å². The number of nitro groups is 1. The number of carbonyl (C=O) groups excluding carboxylic acids is 1. The summed E-state index contributed by atoms with van der Waals surface area (Å²) in [5.41, 5.74) is 1.52. The minimum atomic E-state index is -0.486. The van der Waals surface area contributed by atoms with Crippen LogP contribution in [0.4, 0.5) is 5.69 Å². The second-order valence-electron chi connectivity index (χ2n) is 5.97. The predicted molar refractivity (Wildman–Crippen MR) is 91.5 cm³/mol. The number of fused-ring (bicyclic) bond motifs is 1. The van der Waals surface area contributed by atoms with Crippen LogP contribution in [-0.4, -0.2) is 34.8 Å². The molecule has 7 nitrogen and oxygen atoms in total. The molecule has 1 aliphatic heterocycles. The fourth-order valence-electron chi connectivity index (χ4n) is 2.61. The van der Waals surface area contributed by atoms with E-state index in [0.29, 0.717) is 29.0 Å². The minimum absolute atomic E-state index is 0.0257. The summed E-state index contributed by atoms with van der Waals surface area (Å²) in [5, 5.41) is 20.8. The molecule has 0 fully saturated rings. The molecule has 0 saturated carbocycles. The Bertz CT molecular complexity index is 885. The Kier molecular flexibility index (Phi) is 4.24. The third kappa shape index (κ3) is 3.22. The van der Waals surface area contributed by atoms with Gasteiger partial charge in [-0.15, -0.1) is 0 Å². The number of non-ortho nitro benzene ring substituents is 1. The van der Waals surface area contributed by atoms with E-state index in [1.807, 2.05) is 19.0 Å². The Labute approximate surface area is 143 Å². The van der Waals surface area contributed by atoms with Gasteiger partial charge in [0.2, 0.25) is 5.78 Å². The number of hydrogen-bond donors (Lipinski definition) is 1. The molecule has 0 radical (unpaired) electrons. The van der Waals surface area contributed by atoms with Gasteiger partial charge in [0.1, 0.15) is 11.5 Å². The summed E-state index contributed by atoms with van der Waals surface area (Å²) < 4.78 is 5.70. The first-order chi connectivity index (χ1) is 11.9. The van der Waals surface area contributed by atoms with Gasteiger partial charge in [0.05, 0.1) is 16.1 Å². The summed E-state index contributed by atoms with van der Waals surface area (Å²) in [6, 6.07) is 8.83. The molecule has 1 N–H and O–H groups in total. The molecule has 0 bridgehead atoms. The third-order valence-corrected chi connectivity index (χ3v) is 3.79. The molecule has 0 atom stereocenters. The first-order valence-electron chi connectivity index (χ1n) is 7.55. The minimum Gasteiger partial charge on any atom is -0.507 e. The fraction of sp³-hybridized carbons (Fsp3) is 0.167. The number of ketones is 1. The van der Waals surface area contributed by atoms with E-state index in [4.69, 9.17) is 4.74 Å². The molecule has 2 aromatic carbocycles. The van der Waals surface area contributed by atoms with Crippen molar-refractivity contribution < 1.29 is 19.6 Å². The highest BCUT2D eigenvalue weighted by Gasteiger charge is 2.31. The second-order valence-corrected chi connectivity index (χ2v) is 5.97. The van der Waals surface area contributed by atoms with Crippen molar-refractivity contribution in [2.75, 3.05) is 14.1 Å². The largest absolute Gasteiger partial charge is 0.507 e. The lowest BCUT2D eigenvalue weighted by Crippen LogP contribution is -2.11. The molecule has 1 aliphatic rings. The van der Waals surface area contributed by atoms with Gasteiger partial charge in [-0.25, -0.2) is 0 Å². The van der Waals surface area contributed by atoms with Crippen LogP contribution in [0, 0.1) is 10.1 Å². The van der Waals surface area contributed by atoms with Crippen LogP contribution in [0.25, 0.3) is 6.08 Å². The van der Waals surface area contributed by atoms with Crippen molar-refractivity contribution in [2.24, 2.45) is 0 Å². The van der Waals surface area contributed by atoms with Crippen molar-refractivity contribution >= 4 is 17.5 Å². The summed E-state index contributed by atoms with van der Waals surface area (Å²) in [7, 11) is 3.70. The van der Waals surface area contributed by atoms with Crippen LogP contribution < -0.4 is 4.74 Å². The van der Waals surface area contributed by atoms with Gasteiger partial charge < -0.3 is 14.7 Å². The van der Waals surface area contributed by atoms with E-state index < -0.39 is 4.92 Å². The number of rotatable bonds is 4. The third-order valence-electron chi connectivity index (χ3n) is 3.79. The van der Waals surface area contributed by atoms with Crippen LogP contribution in [0.3, 0.4) is 0 Å². The summed E-state index contributed by atoms with van der Waals surface area (Å²) in [4.78, 5) is 24.6. The van der Waals surface area contributed by atoms with Gasteiger partial charge in [-0.3, -0.25) is 14.9 Å². The van der Waals surface area contributed by atoms with Crippen molar-refractivity contribution in [3.63, 3.8) is 0 Å². The molecule has 0 aromatic heterocycles. The number of Topliss-reactive ketones (excluding diaryl/α,β-unsaturated/α-hetero) is 1. The molecule has 25 heavy (non-hydrogen) atoms.